The normalized spacial score (nSPS) is 10.9. The molecule has 1 aromatic heterocycles. The van der Waals surface area contributed by atoms with Gasteiger partial charge in [-0.3, -0.25) is 4.79 Å². The van der Waals surface area contributed by atoms with Crippen LogP contribution in [-0.2, 0) is 0 Å². The highest BCUT2D eigenvalue weighted by atomic mass is 32.1. The first-order valence-corrected chi connectivity index (χ1v) is 7.73. The largest absolute Gasteiger partial charge is 0.371 e. The van der Waals surface area contributed by atoms with Crippen LogP contribution in [0, 0.1) is 0 Å². The molecule has 0 atom stereocenters. The summed E-state index contributed by atoms with van der Waals surface area (Å²) in [5.74, 6) is 0.0669. The maximum atomic E-state index is 12.1. The molecule has 0 aliphatic rings. The Labute approximate surface area is 124 Å². The lowest BCUT2D eigenvalue weighted by molar-refractivity contribution is 0.105. The fraction of sp³-hybridized carbons (Fsp3) is 0.235. The molecule has 1 aromatic carbocycles. The smallest absolute Gasteiger partial charge is 0.195 e. The van der Waals surface area contributed by atoms with Crippen molar-refractivity contribution in [3.8, 4) is 0 Å². The molecule has 0 radical (unpaired) electrons. The van der Waals surface area contributed by atoms with Gasteiger partial charge in [0.05, 0.1) is 4.88 Å². The van der Waals surface area contributed by atoms with Crippen LogP contribution in [0.15, 0.2) is 47.9 Å². The van der Waals surface area contributed by atoms with Gasteiger partial charge in [0.25, 0.3) is 0 Å². The number of allylic oxidation sites excluding steroid dienone is 1. The van der Waals surface area contributed by atoms with E-state index in [1.54, 1.807) is 6.08 Å². The zero-order valence-corrected chi connectivity index (χ0v) is 12.7. The molecule has 3 heteroatoms. The van der Waals surface area contributed by atoms with Crippen molar-refractivity contribution in [3.63, 3.8) is 0 Å². The van der Waals surface area contributed by atoms with E-state index in [2.05, 4.69) is 24.1 Å². The van der Waals surface area contributed by atoms with Crippen molar-refractivity contribution in [2.45, 2.75) is 13.8 Å². The second-order valence-electron chi connectivity index (χ2n) is 4.45. The number of anilines is 1. The second-order valence-corrected chi connectivity index (χ2v) is 5.36. The summed E-state index contributed by atoms with van der Waals surface area (Å²) in [6.07, 6.45) is 3.51. The summed E-state index contributed by atoms with van der Waals surface area (Å²) in [6.45, 7) is 6.16. The van der Waals surface area contributed by atoms with E-state index in [-0.39, 0.29) is 5.78 Å². The maximum absolute atomic E-state index is 12.1. The maximum Gasteiger partial charge on any atom is 0.195 e. The molecule has 2 nitrogen and oxygen atoms in total. The van der Waals surface area contributed by atoms with E-state index in [9.17, 15) is 4.79 Å². The van der Waals surface area contributed by atoms with Gasteiger partial charge in [0.2, 0.25) is 0 Å². The Morgan fingerprint density at radius 1 is 1.20 bits per heavy atom. The molecule has 2 rings (SSSR count). The average molecular weight is 285 g/mol. The Balaban J connectivity index is 2.08. The highest BCUT2D eigenvalue weighted by molar-refractivity contribution is 7.12. The SMILES string of the molecule is CCN(CC)c1csc(C(=O)C=Cc2ccccc2)c1. The Kier molecular flexibility index (Phi) is 5.13. The molecule has 0 saturated carbocycles. The minimum absolute atomic E-state index is 0.0669. The Hall–Kier alpha value is -1.87. The highest BCUT2D eigenvalue weighted by Crippen LogP contribution is 2.24. The summed E-state index contributed by atoms with van der Waals surface area (Å²) < 4.78 is 0. The van der Waals surface area contributed by atoms with Crippen LogP contribution in [-0.4, -0.2) is 18.9 Å². The third kappa shape index (κ3) is 3.58. The molecule has 0 bridgehead atoms. The van der Waals surface area contributed by atoms with Gasteiger partial charge in [0.15, 0.2) is 5.78 Å². The number of rotatable bonds is 6. The van der Waals surface area contributed by atoms with Gasteiger partial charge in [-0.25, -0.2) is 0 Å². The number of carbonyl (C=O) groups is 1. The zero-order chi connectivity index (χ0) is 14.4. The molecule has 0 aliphatic heterocycles. The van der Waals surface area contributed by atoms with Gasteiger partial charge >= 0.3 is 0 Å². The highest BCUT2D eigenvalue weighted by Gasteiger charge is 2.09. The van der Waals surface area contributed by atoms with Gasteiger partial charge < -0.3 is 4.90 Å². The Morgan fingerprint density at radius 3 is 2.55 bits per heavy atom. The van der Waals surface area contributed by atoms with Gasteiger partial charge in [-0.1, -0.05) is 36.4 Å². The second kappa shape index (κ2) is 7.06. The number of thiophene rings is 1. The minimum Gasteiger partial charge on any atom is -0.371 e. The molecule has 0 aliphatic carbocycles. The molecule has 1 heterocycles. The van der Waals surface area contributed by atoms with E-state index in [0.29, 0.717) is 0 Å². The van der Waals surface area contributed by atoms with Crippen LogP contribution < -0.4 is 4.90 Å². The lowest BCUT2D eigenvalue weighted by atomic mass is 10.2. The molecule has 0 saturated heterocycles. The zero-order valence-electron chi connectivity index (χ0n) is 11.9. The molecular weight excluding hydrogens is 266 g/mol. The number of hydrogen-bond acceptors (Lipinski definition) is 3. The van der Waals surface area contributed by atoms with Crippen LogP contribution in [0.5, 0.6) is 0 Å². The number of carbonyl (C=O) groups excluding carboxylic acids is 1. The fourth-order valence-corrected chi connectivity index (χ4v) is 2.87. The molecule has 0 spiro atoms. The van der Waals surface area contributed by atoms with Crippen molar-refractivity contribution in [1.82, 2.24) is 0 Å². The lowest BCUT2D eigenvalue weighted by Crippen LogP contribution is -2.20. The standard InChI is InChI=1S/C17H19NOS/c1-3-18(4-2)15-12-17(20-13-15)16(19)11-10-14-8-6-5-7-9-14/h5-13H,3-4H2,1-2H3. The minimum atomic E-state index is 0.0669. The molecule has 0 fully saturated rings. The number of hydrogen-bond donors (Lipinski definition) is 0. The Morgan fingerprint density at radius 2 is 1.90 bits per heavy atom. The first-order valence-electron chi connectivity index (χ1n) is 6.85. The summed E-state index contributed by atoms with van der Waals surface area (Å²) in [5.41, 5.74) is 2.18. The number of benzene rings is 1. The molecule has 0 amide bonds. The third-order valence-electron chi connectivity index (χ3n) is 3.18. The quantitative estimate of drug-likeness (QED) is 0.575. The van der Waals surface area contributed by atoms with Crippen molar-refractivity contribution < 1.29 is 4.79 Å². The summed E-state index contributed by atoms with van der Waals surface area (Å²) in [7, 11) is 0. The number of nitrogens with zero attached hydrogens (tertiary/aromatic N) is 1. The van der Waals surface area contributed by atoms with Gasteiger partial charge in [-0.05, 0) is 31.6 Å². The van der Waals surface area contributed by atoms with Crippen molar-refractivity contribution in [2.75, 3.05) is 18.0 Å². The van der Waals surface area contributed by atoms with Crippen LogP contribution in [0.2, 0.25) is 0 Å². The van der Waals surface area contributed by atoms with E-state index >= 15 is 0 Å². The topological polar surface area (TPSA) is 20.3 Å². The predicted octanol–water partition coefficient (Wildman–Crippen LogP) is 4.49. The molecule has 2 aromatic rings. The Bertz CT molecular complexity index is 582. The van der Waals surface area contributed by atoms with Crippen molar-refractivity contribution in [2.24, 2.45) is 0 Å². The monoisotopic (exact) mass is 285 g/mol. The van der Waals surface area contributed by atoms with Gasteiger partial charge in [-0.15, -0.1) is 11.3 Å². The van der Waals surface area contributed by atoms with Gasteiger partial charge in [0, 0.05) is 24.2 Å². The first kappa shape index (κ1) is 14.5. The van der Waals surface area contributed by atoms with Crippen molar-refractivity contribution in [3.05, 3.63) is 58.3 Å². The molecule has 20 heavy (non-hydrogen) atoms. The van der Waals surface area contributed by atoms with Gasteiger partial charge in [-0.2, -0.15) is 0 Å². The van der Waals surface area contributed by atoms with Crippen LogP contribution in [0.3, 0.4) is 0 Å². The van der Waals surface area contributed by atoms with E-state index < -0.39 is 0 Å². The van der Waals surface area contributed by atoms with Crippen molar-refractivity contribution in [1.29, 1.82) is 0 Å². The predicted molar refractivity (Wildman–Crippen MR) is 87.7 cm³/mol. The van der Waals surface area contributed by atoms with Crippen LogP contribution in [0.25, 0.3) is 6.08 Å². The summed E-state index contributed by atoms with van der Waals surface area (Å²) in [4.78, 5) is 15.2. The summed E-state index contributed by atoms with van der Waals surface area (Å²) in [6, 6.07) is 11.9. The molecule has 0 unspecified atom stereocenters. The van der Waals surface area contributed by atoms with Crippen LogP contribution in [0.1, 0.15) is 29.1 Å². The van der Waals surface area contributed by atoms with E-state index in [1.165, 1.54) is 11.3 Å². The van der Waals surface area contributed by atoms with E-state index in [1.807, 2.05) is 42.5 Å². The average Bonchev–Trinajstić information content (AvgIpc) is 2.97. The summed E-state index contributed by atoms with van der Waals surface area (Å²) in [5, 5.41) is 2.05. The third-order valence-corrected chi connectivity index (χ3v) is 4.12. The molecule has 0 N–H and O–H groups in total. The van der Waals surface area contributed by atoms with Crippen molar-refractivity contribution >= 4 is 28.9 Å². The fourth-order valence-electron chi connectivity index (χ4n) is 2.03. The van der Waals surface area contributed by atoms with E-state index in [0.717, 1.165) is 29.2 Å². The van der Waals surface area contributed by atoms with Gasteiger partial charge in [0.1, 0.15) is 0 Å². The number of ketones is 1. The molecular formula is C17H19NOS. The summed E-state index contributed by atoms with van der Waals surface area (Å²) >= 11 is 1.51. The van der Waals surface area contributed by atoms with E-state index in [4.69, 9.17) is 0 Å². The molecule has 104 valence electrons. The first-order chi connectivity index (χ1) is 9.74. The lowest BCUT2D eigenvalue weighted by Gasteiger charge is -2.18. The van der Waals surface area contributed by atoms with Crippen LogP contribution in [0.4, 0.5) is 5.69 Å². The van der Waals surface area contributed by atoms with Crippen LogP contribution >= 0.6 is 11.3 Å².